The Morgan fingerprint density at radius 1 is 1.04 bits per heavy atom. The zero-order chi connectivity index (χ0) is 18.8. The minimum atomic E-state index is 0.416. The Balaban J connectivity index is 1.71. The minimum Gasteiger partial charge on any atom is -0.250 e. The van der Waals surface area contributed by atoms with Crippen LogP contribution in [0.15, 0.2) is 65.8 Å². The average molecular weight is 413 g/mol. The van der Waals surface area contributed by atoms with Crippen LogP contribution in [0, 0.1) is 4.77 Å². The maximum Gasteiger partial charge on any atom is 0.216 e. The minimum absolute atomic E-state index is 0.416. The number of H-pyrrole nitrogens is 1. The number of aromatic amines is 1. The van der Waals surface area contributed by atoms with Gasteiger partial charge in [0, 0.05) is 12.0 Å². The lowest BCUT2D eigenvalue weighted by molar-refractivity contribution is 0.793. The topological polar surface area (TPSA) is 46.0 Å². The molecule has 3 aromatic carbocycles. The smallest absolute Gasteiger partial charge is 0.216 e. The third kappa shape index (κ3) is 3.67. The van der Waals surface area contributed by atoms with Gasteiger partial charge < -0.3 is 0 Å². The van der Waals surface area contributed by atoms with Crippen molar-refractivity contribution in [1.29, 1.82) is 0 Å². The highest BCUT2D eigenvalue weighted by molar-refractivity contribution is 7.71. The van der Waals surface area contributed by atoms with Crippen LogP contribution in [0.3, 0.4) is 0 Å². The highest BCUT2D eigenvalue weighted by atomic mass is 35.5. The molecule has 4 aromatic rings. The van der Waals surface area contributed by atoms with Crippen LogP contribution < -0.4 is 0 Å². The summed E-state index contributed by atoms with van der Waals surface area (Å²) in [7, 11) is 0. The zero-order valence-corrected chi connectivity index (χ0v) is 16.4. The van der Waals surface area contributed by atoms with Gasteiger partial charge in [0.05, 0.1) is 16.3 Å². The van der Waals surface area contributed by atoms with Gasteiger partial charge in [0.25, 0.3) is 0 Å². The van der Waals surface area contributed by atoms with Crippen LogP contribution in [-0.2, 0) is 6.42 Å². The predicted molar refractivity (Wildman–Crippen MR) is 114 cm³/mol. The molecule has 4 nitrogen and oxygen atoms in total. The fourth-order valence-electron chi connectivity index (χ4n) is 2.91. The average Bonchev–Trinajstić information content (AvgIpc) is 3.03. The lowest BCUT2D eigenvalue weighted by Gasteiger charge is -2.06. The molecule has 0 bridgehead atoms. The first-order valence-corrected chi connectivity index (χ1v) is 9.41. The van der Waals surface area contributed by atoms with Crippen molar-refractivity contribution in [3.05, 3.63) is 92.4 Å². The Labute approximate surface area is 171 Å². The Hall–Kier alpha value is -2.47. The van der Waals surface area contributed by atoms with Crippen LogP contribution in [0.2, 0.25) is 10.0 Å². The van der Waals surface area contributed by atoms with Gasteiger partial charge in [-0.2, -0.15) is 14.9 Å². The fourth-order valence-corrected chi connectivity index (χ4v) is 3.47. The number of hydrogen-bond donors (Lipinski definition) is 1. The number of rotatable bonds is 4. The van der Waals surface area contributed by atoms with E-state index >= 15 is 0 Å². The molecule has 0 aliphatic carbocycles. The van der Waals surface area contributed by atoms with E-state index in [0.717, 1.165) is 5.56 Å². The summed E-state index contributed by atoms with van der Waals surface area (Å²) in [6.07, 6.45) is 2.22. The SMILES string of the molecule is S=c1[nH]nc(Cc2cccc3ccccc23)n1/N=C\c1cccc(Cl)c1Cl. The van der Waals surface area contributed by atoms with Gasteiger partial charge in [0.15, 0.2) is 5.82 Å². The third-order valence-electron chi connectivity index (χ3n) is 4.24. The van der Waals surface area contributed by atoms with Crippen molar-refractivity contribution in [2.24, 2.45) is 5.10 Å². The number of nitrogens with zero attached hydrogens (tertiary/aromatic N) is 3. The summed E-state index contributed by atoms with van der Waals surface area (Å²) >= 11 is 17.6. The molecule has 0 radical (unpaired) electrons. The Morgan fingerprint density at radius 3 is 2.70 bits per heavy atom. The summed E-state index contributed by atoms with van der Waals surface area (Å²) in [5.41, 5.74) is 1.86. The van der Waals surface area contributed by atoms with E-state index in [1.807, 2.05) is 30.3 Å². The summed E-state index contributed by atoms with van der Waals surface area (Å²) in [5, 5.41) is 14.9. The van der Waals surface area contributed by atoms with E-state index in [1.54, 1.807) is 17.0 Å². The molecule has 134 valence electrons. The fraction of sp³-hybridized carbons (Fsp3) is 0.0500. The maximum atomic E-state index is 6.23. The molecule has 0 amide bonds. The van der Waals surface area contributed by atoms with E-state index in [2.05, 4.69) is 39.6 Å². The zero-order valence-electron chi connectivity index (χ0n) is 14.1. The van der Waals surface area contributed by atoms with E-state index in [0.29, 0.717) is 32.6 Å². The number of fused-ring (bicyclic) bond motifs is 1. The molecule has 0 aliphatic heterocycles. The summed E-state index contributed by atoms with van der Waals surface area (Å²) in [6.45, 7) is 0. The van der Waals surface area contributed by atoms with Gasteiger partial charge in [-0.1, -0.05) is 77.8 Å². The largest absolute Gasteiger partial charge is 0.250 e. The van der Waals surface area contributed by atoms with Crippen molar-refractivity contribution in [2.75, 3.05) is 0 Å². The van der Waals surface area contributed by atoms with Crippen LogP contribution in [0.4, 0.5) is 0 Å². The van der Waals surface area contributed by atoms with Crippen molar-refractivity contribution in [2.45, 2.75) is 6.42 Å². The van der Waals surface area contributed by atoms with Crippen molar-refractivity contribution in [1.82, 2.24) is 14.9 Å². The van der Waals surface area contributed by atoms with Gasteiger partial charge in [-0.15, -0.1) is 0 Å². The molecular weight excluding hydrogens is 399 g/mol. The monoisotopic (exact) mass is 412 g/mol. The van der Waals surface area contributed by atoms with Crippen molar-refractivity contribution in [3.8, 4) is 0 Å². The van der Waals surface area contributed by atoms with Gasteiger partial charge in [-0.3, -0.25) is 5.10 Å². The molecule has 0 atom stereocenters. The summed E-state index contributed by atoms with van der Waals surface area (Å²) in [6, 6.07) is 19.9. The van der Waals surface area contributed by atoms with Gasteiger partial charge in [-0.25, -0.2) is 0 Å². The number of halogens is 2. The molecule has 27 heavy (non-hydrogen) atoms. The normalized spacial score (nSPS) is 11.5. The first-order valence-electron chi connectivity index (χ1n) is 8.25. The second-order valence-corrected chi connectivity index (χ2v) is 7.13. The first-order chi connectivity index (χ1) is 13.1. The first kappa shape index (κ1) is 17.9. The number of nitrogens with one attached hydrogen (secondary N) is 1. The lowest BCUT2D eigenvalue weighted by Crippen LogP contribution is -2.01. The second-order valence-electron chi connectivity index (χ2n) is 5.96. The van der Waals surface area contributed by atoms with E-state index in [4.69, 9.17) is 35.4 Å². The molecule has 7 heteroatoms. The van der Waals surface area contributed by atoms with Gasteiger partial charge in [-0.05, 0) is 34.6 Å². The van der Waals surface area contributed by atoms with Crippen molar-refractivity contribution in [3.63, 3.8) is 0 Å². The number of benzene rings is 3. The third-order valence-corrected chi connectivity index (χ3v) is 5.34. The molecule has 1 aromatic heterocycles. The Morgan fingerprint density at radius 2 is 1.81 bits per heavy atom. The standard InChI is InChI=1S/C20H14Cl2N4S/c21-17-10-4-8-15(19(17)22)12-23-26-18(24-25-20(26)27)11-14-7-3-6-13-5-1-2-9-16(13)14/h1-10,12H,11H2,(H,25,27)/b23-12-. The predicted octanol–water partition coefficient (Wildman–Crippen LogP) is 5.87. The van der Waals surface area contributed by atoms with Crippen LogP contribution in [-0.4, -0.2) is 21.1 Å². The highest BCUT2D eigenvalue weighted by Crippen LogP contribution is 2.24. The second kappa shape index (κ2) is 7.64. The molecule has 0 saturated carbocycles. The van der Waals surface area contributed by atoms with Gasteiger partial charge in [0.2, 0.25) is 4.77 Å². The van der Waals surface area contributed by atoms with Crippen molar-refractivity contribution >= 4 is 52.4 Å². The summed E-state index contributed by atoms with van der Waals surface area (Å²) in [5.74, 6) is 0.714. The van der Waals surface area contributed by atoms with E-state index < -0.39 is 0 Å². The van der Waals surface area contributed by atoms with Crippen molar-refractivity contribution < 1.29 is 0 Å². The summed E-state index contributed by atoms with van der Waals surface area (Å²) < 4.78 is 2.02. The quantitative estimate of drug-likeness (QED) is 0.336. The molecule has 0 fully saturated rings. The maximum absolute atomic E-state index is 6.23. The summed E-state index contributed by atoms with van der Waals surface area (Å²) in [4.78, 5) is 0. The molecular formula is C20H14Cl2N4S. The van der Waals surface area contributed by atoms with Crippen LogP contribution >= 0.6 is 35.4 Å². The van der Waals surface area contributed by atoms with Crippen LogP contribution in [0.25, 0.3) is 10.8 Å². The van der Waals surface area contributed by atoms with E-state index in [-0.39, 0.29) is 0 Å². The van der Waals surface area contributed by atoms with Crippen LogP contribution in [0.1, 0.15) is 17.0 Å². The molecule has 1 N–H and O–H groups in total. The molecule has 1 heterocycles. The van der Waals surface area contributed by atoms with Gasteiger partial charge >= 0.3 is 0 Å². The molecule has 0 spiro atoms. The lowest BCUT2D eigenvalue weighted by atomic mass is 10.0. The number of aromatic nitrogens is 3. The highest BCUT2D eigenvalue weighted by Gasteiger charge is 2.09. The molecule has 0 unspecified atom stereocenters. The van der Waals surface area contributed by atoms with E-state index in [9.17, 15) is 0 Å². The van der Waals surface area contributed by atoms with Gasteiger partial charge in [0.1, 0.15) is 0 Å². The van der Waals surface area contributed by atoms with Crippen LogP contribution in [0.5, 0.6) is 0 Å². The number of hydrogen-bond acceptors (Lipinski definition) is 3. The molecule has 0 aliphatic rings. The Bertz CT molecular complexity index is 1200. The van der Waals surface area contributed by atoms with E-state index in [1.165, 1.54) is 10.8 Å². The Kier molecular flexibility index (Phi) is 5.07. The molecule has 4 rings (SSSR count). The molecule has 0 saturated heterocycles.